The molecule has 1 N–H and O–H groups in total. The van der Waals surface area contributed by atoms with Gasteiger partial charge in [0, 0.05) is 11.3 Å². The van der Waals surface area contributed by atoms with Crippen LogP contribution in [-0.2, 0) is 4.43 Å². The number of aliphatic hydroxyl groups is 1. The van der Waals surface area contributed by atoms with E-state index in [4.69, 9.17) is 4.43 Å². The summed E-state index contributed by atoms with van der Waals surface area (Å²) in [5.74, 6) is 0.963. The Morgan fingerprint density at radius 2 is 1.82 bits per heavy atom. The molecule has 1 aromatic rings. The Morgan fingerprint density at radius 3 is 2.36 bits per heavy atom. The highest BCUT2D eigenvalue weighted by Gasteiger charge is 2.44. The lowest BCUT2D eigenvalue weighted by molar-refractivity contribution is 0.0712. The second kappa shape index (κ2) is 6.06. The zero-order valence-corrected chi connectivity index (χ0v) is 16.3. The summed E-state index contributed by atoms with van der Waals surface area (Å²) in [6.45, 7) is 13.1. The minimum atomic E-state index is -1.84. The second-order valence-electron chi connectivity index (χ2n) is 7.88. The zero-order valence-electron chi connectivity index (χ0n) is 14.5. The molecule has 0 aromatic heterocycles. The molecule has 22 heavy (non-hydrogen) atoms. The Bertz CT molecular complexity index is 544. The van der Waals surface area contributed by atoms with Crippen LogP contribution >= 0.6 is 11.8 Å². The summed E-state index contributed by atoms with van der Waals surface area (Å²) in [5, 5.41) is 11.0. The molecule has 0 fully saturated rings. The van der Waals surface area contributed by atoms with Crippen molar-refractivity contribution in [3.05, 3.63) is 42.2 Å². The monoisotopic (exact) mass is 336 g/mol. The van der Waals surface area contributed by atoms with Crippen LogP contribution in [0.15, 0.2) is 47.1 Å². The molecular weight excluding hydrogens is 308 g/mol. The van der Waals surface area contributed by atoms with E-state index in [1.807, 2.05) is 25.1 Å². The third-order valence-electron chi connectivity index (χ3n) is 4.68. The van der Waals surface area contributed by atoms with Crippen LogP contribution in [0.5, 0.6) is 0 Å². The van der Waals surface area contributed by atoms with Gasteiger partial charge in [-0.15, -0.1) is 11.8 Å². The van der Waals surface area contributed by atoms with Gasteiger partial charge in [0.15, 0.2) is 0 Å². The van der Waals surface area contributed by atoms with Crippen molar-refractivity contribution in [1.82, 2.24) is 0 Å². The molecule has 1 aliphatic carbocycles. The molecule has 1 aliphatic rings. The van der Waals surface area contributed by atoms with Crippen LogP contribution in [0.25, 0.3) is 0 Å². The van der Waals surface area contributed by atoms with Crippen molar-refractivity contribution in [2.75, 3.05) is 0 Å². The SMILES string of the molecule is CC(C)(C)[Si](C)(C)OC1=CC(Sc2ccccc2)[C@](C)(O)C1. The van der Waals surface area contributed by atoms with Gasteiger partial charge in [-0.05, 0) is 43.3 Å². The molecule has 0 amide bonds. The first kappa shape index (κ1) is 17.6. The molecule has 0 saturated carbocycles. The minimum absolute atomic E-state index is 0.0367. The highest BCUT2D eigenvalue weighted by atomic mass is 32.2. The van der Waals surface area contributed by atoms with Gasteiger partial charge in [-0.25, -0.2) is 0 Å². The normalized spacial score (nSPS) is 26.0. The van der Waals surface area contributed by atoms with Gasteiger partial charge in [0.05, 0.1) is 16.6 Å². The lowest BCUT2D eigenvalue weighted by Gasteiger charge is -2.37. The summed E-state index contributed by atoms with van der Waals surface area (Å²) < 4.78 is 6.39. The van der Waals surface area contributed by atoms with Crippen molar-refractivity contribution >= 4 is 20.1 Å². The standard InChI is InChI=1S/C18H28O2SSi/c1-17(2,3)22(5,6)20-14-12-16(18(4,19)13-14)21-15-10-8-7-9-11-15/h7-12,16,19H,13H2,1-6H3/t16?,18-/m1/s1. The van der Waals surface area contributed by atoms with Gasteiger partial charge in [0.2, 0.25) is 8.32 Å². The molecule has 4 heteroatoms. The van der Waals surface area contributed by atoms with E-state index >= 15 is 0 Å². The maximum absolute atomic E-state index is 10.7. The third kappa shape index (κ3) is 3.97. The van der Waals surface area contributed by atoms with Crippen molar-refractivity contribution < 1.29 is 9.53 Å². The molecule has 0 radical (unpaired) electrons. The van der Waals surface area contributed by atoms with Crippen LogP contribution in [-0.4, -0.2) is 24.3 Å². The number of hydrogen-bond acceptors (Lipinski definition) is 3. The van der Waals surface area contributed by atoms with Crippen molar-refractivity contribution in [2.24, 2.45) is 0 Å². The summed E-state index contributed by atoms with van der Waals surface area (Å²) in [6.07, 6.45) is 2.72. The van der Waals surface area contributed by atoms with Crippen molar-refractivity contribution in [3.8, 4) is 0 Å². The fourth-order valence-electron chi connectivity index (χ4n) is 2.22. The van der Waals surface area contributed by atoms with Gasteiger partial charge < -0.3 is 9.53 Å². The fourth-order valence-corrected chi connectivity index (χ4v) is 4.48. The number of hydrogen-bond donors (Lipinski definition) is 1. The molecule has 0 bridgehead atoms. The van der Waals surface area contributed by atoms with Crippen LogP contribution in [0.1, 0.15) is 34.1 Å². The average Bonchev–Trinajstić information content (AvgIpc) is 2.62. The van der Waals surface area contributed by atoms with Crippen LogP contribution in [0.2, 0.25) is 18.1 Å². The van der Waals surface area contributed by atoms with Crippen molar-refractivity contribution in [2.45, 2.75) is 68.0 Å². The van der Waals surface area contributed by atoms with E-state index in [9.17, 15) is 5.11 Å². The maximum atomic E-state index is 10.7. The third-order valence-corrected chi connectivity index (χ3v) is 10.5. The molecule has 0 spiro atoms. The first-order valence-electron chi connectivity index (χ1n) is 7.85. The van der Waals surface area contributed by atoms with Crippen LogP contribution in [0.3, 0.4) is 0 Å². The van der Waals surface area contributed by atoms with E-state index in [1.54, 1.807) is 11.8 Å². The molecule has 2 rings (SSSR count). The van der Waals surface area contributed by atoms with Gasteiger partial charge >= 0.3 is 0 Å². The molecule has 1 aromatic carbocycles. The Hall–Kier alpha value is -0.713. The van der Waals surface area contributed by atoms with E-state index in [0.717, 1.165) is 5.76 Å². The summed E-state index contributed by atoms with van der Waals surface area (Å²) in [5.41, 5.74) is -0.752. The summed E-state index contributed by atoms with van der Waals surface area (Å²) in [4.78, 5) is 1.18. The topological polar surface area (TPSA) is 29.5 Å². The van der Waals surface area contributed by atoms with Crippen molar-refractivity contribution in [1.29, 1.82) is 0 Å². The fraction of sp³-hybridized carbons (Fsp3) is 0.556. The lowest BCUT2D eigenvalue weighted by Crippen LogP contribution is -2.40. The van der Waals surface area contributed by atoms with Gasteiger partial charge in [-0.1, -0.05) is 39.0 Å². The van der Waals surface area contributed by atoms with Gasteiger partial charge in [-0.3, -0.25) is 0 Å². The largest absolute Gasteiger partial charge is 0.547 e. The second-order valence-corrected chi connectivity index (χ2v) is 13.8. The molecule has 2 atom stereocenters. The molecule has 122 valence electrons. The average molecular weight is 337 g/mol. The number of thioether (sulfide) groups is 1. The lowest BCUT2D eigenvalue weighted by atomic mass is 10.0. The molecule has 1 unspecified atom stereocenters. The van der Waals surface area contributed by atoms with Gasteiger partial charge in [0.25, 0.3) is 0 Å². The van der Waals surface area contributed by atoms with Gasteiger partial charge in [0.1, 0.15) is 0 Å². The van der Waals surface area contributed by atoms with E-state index in [0.29, 0.717) is 6.42 Å². The highest BCUT2D eigenvalue weighted by molar-refractivity contribution is 8.00. The Balaban J connectivity index is 2.13. The van der Waals surface area contributed by atoms with E-state index < -0.39 is 13.9 Å². The summed E-state index contributed by atoms with van der Waals surface area (Å²) in [6, 6.07) is 10.2. The molecule has 0 saturated heterocycles. The smallest absolute Gasteiger partial charge is 0.250 e. The Labute approximate surface area is 140 Å². The highest BCUT2D eigenvalue weighted by Crippen LogP contribution is 2.44. The van der Waals surface area contributed by atoms with Crippen molar-refractivity contribution in [3.63, 3.8) is 0 Å². The summed E-state index contributed by atoms with van der Waals surface area (Å²) in [7, 11) is -1.84. The predicted octanol–water partition coefficient (Wildman–Crippen LogP) is 5.21. The van der Waals surface area contributed by atoms with Crippen LogP contribution < -0.4 is 0 Å². The maximum Gasteiger partial charge on any atom is 0.250 e. The zero-order chi connectivity index (χ0) is 16.6. The molecule has 0 aliphatic heterocycles. The van der Waals surface area contributed by atoms with Gasteiger partial charge in [-0.2, -0.15) is 0 Å². The number of rotatable bonds is 4. The van der Waals surface area contributed by atoms with Crippen LogP contribution in [0.4, 0.5) is 0 Å². The Kier molecular flexibility index (Phi) is 4.86. The first-order valence-corrected chi connectivity index (χ1v) is 11.6. The van der Waals surface area contributed by atoms with Crippen LogP contribution in [0, 0.1) is 0 Å². The number of benzene rings is 1. The minimum Gasteiger partial charge on any atom is -0.547 e. The summed E-state index contributed by atoms with van der Waals surface area (Å²) >= 11 is 1.70. The van der Waals surface area contributed by atoms with E-state index in [-0.39, 0.29) is 10.3 Å². The molecule has 0 heterocycles. The molecule has 2 nitrogen and oxygen atoms in total. The Morgan fingerprint density at radius 1 is 1.23 bits per heavy atom. The first-order chi connectivity index (χ1) is 10.0. The predicted molar refractivity (Wildman–Crippen MR) is 97.7 cm³/mol. The van der Waals surface area contributed by atoms with E-state index in [2.05, 4.69) is 52.1 Å². The molecular formula is C18H28O2SSi. The quantitative estimate of drug-likeness (QED) is 0.766. The van der Waals surface area contributed by atoms with E-state index in [1.165, 1.54) is 4.90 Å².